The number of rotatable bonds is 8. The van der Waals surface area contributed by atoms with Crippen molar-refractivity contribution in [3.63, 3.8) is 0 Å². The Morgan fingerprint density at radius 1 is 0.976 bits per heavy atom. The van der Waals surface area contributed by atoms with Crippen LogP contribution < -0.4 is 5.32 Å². The van der Waals surface area contributed by atoms with E-state index in [0.717, 1.165) is 16.8 Å². The maximum Gasteiger partial charge on any atom is 0.328 e. The van der Waals surface area contributed by atoms with Crippen molar-refractivity contribution in [3.05, 3.63) is 77.0 Å². The first kappa shape index (κ1) is 31.1. The Labute approximate surface area is 240 Å². The van der Waals surface area contributed by atoms with Crippen LogP contribution in [0.1, 0.15) is 68.2 Å². The van der Waals surface area contributed by atoms with Crippen LogP contribution in [0.3, 0.4) is 0 Å². The number of carbonyl (C=O) groups is 3. The van der Waals surface area contributed by atoms with Gasteiger partial charge in [0.1, 0.15) is 11.6 Å². The number of aliphatic hydroxyl groups is 1. The molecule has 0 spiro atoms. The van der Waals surface area contributed by atoms with Crippen molar-refractivity contribution in [3.8, 4) is 23.1 Å². The molecule has 3 aromatic rings. The summed E-state index contributed by atoms with van der Waals surface area (Å²) in [5.41, 5.74) is 2.67. The molecule has 1 amide bonds. The lowest BCUT2D eigenvalue weighted by Crippen LogP contribution is -2.51. The quantitative estimate of drug-likeness (QED) is 0.316. The molecule has 0 bridgehead atoms. The van der Waals surface area contributed by atoms with Crippen molar-refractivity contribution in [2.45, 2.75) is 59.3 Å². The number of benzene rings is 2. The Morgan fingerprint density at radius 3 is 2.02 bits per heavy atom. The molecule has 1 aromatic heterocycles. The number of esters is 2. The lowest BCUT2D eigenvalue weighted by Gasteiger charge is -2.33. The SMILES string of the molecule is COC(=O)[C@@H](NC(=O)c1ccc(C#Cc2ccc(-c3cc(CO)nn3C)cc2)cc1)C(C)(C)CC(=O)OC(C)(C)C. The molecule has 0 saturated heterocycles. The van der Waals surface area contributed by atoms with Crippen LogP contribution in [0.4, 0.5) is 0 Å². The van der Waals surface area contributed by atoms with Crippen molar-refractivity contribution < 1.29 is 29.0 Å². The third-order valence-corrected chi connectivity index (χ3v) is 6.29. The molecule has 2 N–H and O–H groups in total. The monoisotopic (exact) mass is 559 g/mol. The summed E-state index contributed by atoms with van der Waals surface area (Å²) in [6.07, 6.45) is -0.0917. The van der Waals surface area contributed by atoms with Gasteiger partial charge in [-0.25, -0.2) is 4.79 Å². The summed E-state index contributed by atoms with van der Waals surface area (Å²) in [5.74, 6) is 4.59. The molecular weight excluding hydrogens is 522 g/mol. The van der Waals surface area contributed by atoms with E-state index in [9.17, 15) is 19.5 Å². The zero-order chi connectivity index (χ0) is 30.4. The summed E-state index contributed by atoms with van der Waals surface area (Å²) in [7, 11) is 3.06. The predicted molar refractivity (Wildman–Crippen MR) is 155 cm³/mol. The van der Waals surface area contributed by atoms with Gasteiger partial charge in [-0.1, -0.05) is 37.8 Å². The Morgan fingerprint density at radius 2 is 1.54 bits per heavy atom. The Balaban J connectivity index is 1.69. The van der Waals surface area contributed by atoms with Gasteiger partial charge in [-0.3, -0.25) is 14.3 Å². The smallest absolute Gasteiger partial charge is 0.328 e. The van der Waals surface area contributed by atoms with Crippen LogP contribution in [-0.4, -0.2) is 51.5 Å². The van der Waals surface area contributed by atoms with E-state index in [4.69, 9.17) is 9.47 Å². The van der Waals surface area contributed by atoms with Crippen LogP contribution in [0.15, 0.2) is 54.6 Å². The van der Waals surface area contributed by atoms with Gasteiger partial charge < -0.3 is 19.9 Å². The highest BCUT2D eigenvalue weighted by molar-refractivity contribution is 5.97. The molecule has 0 aliphatic carbocycles. The van der Waals surface area contributed by atoms with Crippen LogP contribution in [0.25, 0.3) is 11.3 Å². The molecule has 0 radical (unpaired) electrons. The van der Waals surface area contributed by atoms with Crippen LogP contribution >= 0.6 is 0 Å². The Bertz CT molecular complexity index is 1450. The number of amides is 1. The van der Waals surface area contributed by atoms with Crippen molar-refractivity contribution in [2.75, 3.05) is 7.11 Å². The maximum atomic E-state index is 13.0. The molecule has 9 heteroatoms. The number of nitrogens with zero attached hydrogens (tertiary/aromatic N) is 2. The summed E-state index contributed by atoms with van der Waals surface area (Å²) >= 11 is 0. The Hall–Kier alpha value is -4.42. The van der Waals surface area contributed by atoms with Gasteiger partial charge in [-0.2, -0.15) is 5.10 Å². The first-order chi connectivity index (χ1) is 19.2. The molecule has 0 fully saturated rings. The van der Waals surface area contributed by atoms with E-state index in [-0.39, 0.29) is 13.0 Å². The van der Waals surface area contributed by atoms with Crippen molar-refractivity contribution in [1.82, 2.24) is 15.1 Å². The normalized spacial score (nSPS) is 12.1. The minimum absolute atomic E-state index is 0.0917. The number of hydrogen-bond donors (Lipinski definition) is 2. The van der Waals surface area contributed by atoms with Crippen molar-refractivity contribution in [2.24, 2.45) is 12.5 Å². The number of carbonyl (C=O) groups excluding carboxylic acids is 3. The summed E-state index contributed by atoms with van der Waals surface area (Å²) in [6.45, 7) is 8.58. The predicted octanol–water partition coefficient (Wildman–Crippen LogP) is 4.01. The average Bonchev–Trinajstić information content (AvgIpc) is 3.29. The molecule has 9 nitrogen and oxygen atoms in total. The van der Waals surface area contributed by atoms with E-state index < -0.39 is 34.9 Å². The van der Waals surface area contributed by atoms with Gasteiger partial charge in [0.25, 0.3) is 5.91 Å². The molecule has 0 aliphatic rings. The van der Waals surface area contributed by atoms with E-state index in [1.807, 2.05) is 37.4 Å². The molecule has 3 rings (SSSR count). The maximum absolute atomic E-state index is 13.0. The van der Waals surface area contributed by atoms with Crippen molar-refractivity contribution in [1.29, 1.82) is 0 Å². The molecule has 41 heavy (non-hydrogen) atoms. The summed E-state index contributed by atoms with van der Waals surface area (Å²) in [4.78, 5) is 38.1. The fourth-order valence-corrected chi connectivity index (χ4v) is 4.20. The minimum atomic E-state index is -1.07. The van der Waals surface area contributed by atoms with E-state index in [1.54, 1.807) is 63.6 Å². The summed E-state index contributed by atoms with van der Waals surface area (Å²) in [6, 6.07) is 15.2. The zero-order valence-corrected chi connectivity index (χ0v) is 24.6. The van der Waals surface area contributed by atoms with Crippen LogP contribution in [0.5, 0.6) is 0 Å². The topological polar surface area (TPSA) is 120 Å². The second-order valence-electron chi connectivity index (χ2n) is 11.4. The van der Waals surface area contributed by atoms with E-state index >= 15 is 0 Å². The number of methoxy groups -OCH3 is 1. The van der Waals surface area contributed by atoms with E-state index in [0.29, 0.717) is 16.8 Å². The summed E-state index contributed by atoms with van der Waals surface area (Å²) < 4.78 is 12.0. The third kappa shape index (κ3) is 8.53. The molecule has 2 aromatic carbocycles. The highest BCUT2D eigenvalue weighted by atomic mass is 16.6. The molecule has 216 valence electrons. The third-order valence-electron chi connectivity index (χ3n) is 6.29. The fraction of sp³-hybridized carbons (Fsp3) is 0.375. The van der Waals surface area contributed by atoms with Crippen molar-refractivity contribution >= 4 is 17.8 Å². The minimum Gasteiger partial charge on any atom is -0.467 e. The van der Waals surface area contributed by atoms with Gasteiger partial charge in [0.05, 0.1) is 31.5 Å². The number of hydrogen-bond acceptors (Lipinski definition) is 7. The summed E-state index contributed by atoms with van der Waals surface area (Å²) in [5, 5.41) is 16.3. The molecule has 0 aliphatic heterocycles. The fourth-order valence-electron chi connectivity index (χ4n) is 4.20. The highest BCUT2D eigenvalue weighted by Gasteiger charge is 2.40. The molecule has 0 saturated carbocycles. The number of aliphatic hydroxyl groups excluding tert-OH is 1. The van der Waals surface area contributed by atoms with E-state index in [1.165, 1.54) is 7.11 Å². The first-order valence-electron chi connectivity index (χ1n) is 13.2. The highest BCUT2D eigenvalue weighted by Crippen LogP contribution is 2.28. The van der Waals surface area contributed by atoms with Crippen LogP contribution in [0.2, 0.25) is 0 Å². The number of nitrogens with one attached hydrogen (secondary N) is 1. The standard InChI is InChI=1S/C32H37N3O6/c1-31(2,3)41-27(37)19-32(4,5)28(30(39)40-7)33-29(38)24-16-12-22(13-17-24)9-8-21-10-14-23(15-11-21)26-18-25(20-36)34-35(26)6/h10-18,28,36H,19-20H2,1-7H3,(H,33,38)/t28-/m1/s1. The molecule has 0 unspecified atom stereocenters. The number of aryl methyl sites for hydroxylation is 1. The lowest BCUT2D eigenvalue weighted by molar-refractivity contribution is -0.159. The second kappa shape index (κ2) is 12.8. The van der Waals surface area contributed by atoms with Gasteiger partial charge in [-0.15, -0.1) is 0 Å². The number of ether oxygens (including phenoxy) is 2. The van der Waals surface area contributed by atoms with Gasteiger partial charge in [0.15, 0.2) is 0 Å². The number of aromatic nitrogens is 2. The lowest BCUT2D eigenvalue weighted by atomic mass is 9.80. The van der Waals surface area contributed by atoms with Gasteiger partial charge in [0.2, 0.25) is 0 Å². The van der Waals surface area contributed by atoms with Gasteiger partial charge in [0, 0.05) is 29.2 Å². The second-order valence-corrected chi connectivity index (χ2v) is 11.4. The average molecular weight is 560 g/mol. The largest absolute Gasteiger partial charge is 0.467 e. The van der Waals surface area contributed by atoms with Gasteiger partial charge in [-0.05, 0) is 68.8 Å². The molecular formula is C32H37N3O6. The zero-order valence-electron chi connectivity index (χ0n) is 24.6. The first-order valence-corrected chi connectivity index (χ1v) is 13.2. The van der Waals surface area contributed by atoms with Crippen LogP contribution in [-0.2, 0) is 32.7 Å². The molecule has 1 atom stereocenters. The molecule has 1 heterocycles. The van der Waals surface area contributed by atoms with Crippen LogP contribution in [0, 0.1) is 17.3 Å². The van der Waals surface area contributed by atoms with E-state index in [2.05, 4.69) is 22.3 Å². The van der Waals surface area contributed by atoms with Gasteiger partial charge >= 0.3 is 11.9 Å². The Kier molecular flexibility index (Phi) is 9.74.